The average Bonchev–Trinajstić information content (AvgIpc) is 2.55. The Kier molecular flexibility index (Phi) is 4.47. The summed E-state index contributed by atoms with van der Waals surface area (Å²) in [5.74, 6) is -0.486. The van der Waals surface area contributed by atoms with Crippen LogP contribution >= 0.6 is 26.6 Å². The summed E-state index contributed by atoms with van der Waals surface area (Å²) < 4.78 is 23.1. The highest BCUT2D eigenvalue weighted by Gasteiger charge is 2.34. The van der Waals surface area contributed by atoms with Crippen molar-refractivity contribution in [2.24, 2.45) is 5.92 Å². The Bertz CT molecular complexity index is 637. The van der Waals surface area contributed by atoms with Crippen LogP contribution in [0.4, 0.5) is 5.69 Å². The molecule has 20 heavy (non-hydrogen) atoms. The molecule has 1 unspecified atom stereocenters. The molecule has 4 nitrogen and oxygen atoms in total. The molecule has 0 radical (unpaired) electrons. The van der Waals surface area contributed by atoms with E-state index in [1.165, 1.54) is 0 Å². The van der Waals surface area contributed by atoms with Gasteiger partial charge in [-0.05, 0) is 47.0 Å². The fraction of sp³-hybridized carbons (Fsp3) is 0.462. The number of aryl methyl sites for hydroxylation is 2. The van der Waals surface area contributed by atoms with E-state index < -0.39 is 9.05 Å². The molecule has 0 saturated carbocycles. The SMILES string of the molecule is Cc1cc(C)c(N2CC(CS(=O)(=O)Cl)CC2=O)c(Br)c1. The third-order valence-electron chi connectivity index (χ3n) is 3.31. The van der Waals surface area contributed by atoms with Crippen molar-refractivity contribution in [2.45, 2.75) is 20.3 Å². The van der Waals surface area contributed by atoms with Crippen LogP contribution in [0.25, 0.3) is 0 Å². The fourth-order valence-corrected chi connectivity index (χ4v) is 4.85. The Morgan fingerprint density at radius 3 is 2.60 bits per heavy atom. The third-order valence-corrected chi connectivity index (χ3v) is 5.16. The van der Waals surface area contributed by atoms with Crippen LogP contribution in [0, 0.1) is 19.8 Å². The number of hydrogen-bond donors (Lipinski definition) is 0. The summed E-state index contributed by atoms with van der Waals surface area (Å²) in [4.78, 5) is 13.8. The van der Waals surface area contributed by atoms with Gasteiger partial charge in [-0.1, -0.05) is 6.07 Å². The third kappa shape index (κ3) is 3.54. The number of carbonyl (C=O) groups is 1. The van der Waals surface area contributed by atoms with Crippen LogP contribution in [0.1, 0.15) is 17.5 Å². The van der Waals surface area contributed by atoms with Gasteiger partial charge in [0.05, 0.1) is 11.4 Å². The van der Waals surface area contributed by atoms with E-state index in [0.29, 0.717) is 6.54 Å². The highest BCUT2D eigenvalue weighted by atomic mass is 79.9. The van der Waals surface area contributed by atoms with E-state index in [-0.39, 0.29) is 24.0 Å². The lowest BCUT2D eigenvalue weighted by molar-refractivity contribution is -0.117. The number of halogens is 2. The van der Waals surface area contributed by atoms with Gasteiger partial charge in [0.25, 0.3) is 0 Å². The Morgan fingerprint density at radius 1 is 1.40 bits per heavy atom. The van der Waals surface area contributed by atoms with Crippen molar-refractivity contribution >= 4 is 47.3 Å². The fourth-order valence-electron chi connectivity index (χ4n) is 2.64. The molecule has 0 aromatic heterocycles. The molecule has 0 spiro atoms. The van der Waals surface area contributed by atoms with Gasteiger partial charge < -0.3 is 4.90 Å². The lowest BCUT2D eigenvalue weighted by Crippen LogP contribution is -2.26. The highest BCUT2D eigenvalue weighted by molar-refractivity contribution is 9.10. The molecule has 1 aliphatic rings. The summed E-state index contributed by atoms with van der Waals surface area (Å²) in [6.45, 7) is 4.30. The first kappa shape index (κ1) is 15.8. The van der Waals surface area contributed by atoms with Crippen molar-refractivity contribution in [3.05, 3.63) is 27.7 Å². The van der Waals surface area contributed by atoms with Gasteiger partial charge in [-0.15, -0.1) is 0 Å². The number of carbonyl (C=O) groups excluding carboxylic acids is 1. The van der Waals surface area contributed by atoms with Gasteiger partial charge >= 0.3 is 0 Å². The van der Waals surface area contributed by atoms with Gasteiger partial charge in [-0.25, -0.2) is 8.42 Å². The molecule has 1 aromatic carbocycles. The van der Waals surface area contributed by atoms with E-state index >= 15 is 0 Å². The first-order valence-electron chi connectivity index (χ1n) is 6.17. The molecule has 0 bridgehead atoms. The van der Waals surface area contributed by atoms with Crippen LogP contribution in [0.15, 0.2) is 16.6 Å². The summed E-state index contributed by atoms with van der Waals surface area (Å²) in [5, 5.41) is 0. The zero-order chi connectivity index (χ0) is 15.1. The maximum absolute atomic E-state index is 12.1. The molecule has 1 atom stereocenters. The van der Waals surface area contributed by atoms with E-state index in [1.807, 2.05) is 26.0 Å². The normalized spacial score (nSPS) is 19.7. The van der Waals surface area contributed by atoms with Crippen molar-refractivity contribution in [1.29, 1.82) is 0 Å². The van der Waals surface area contributed by atoms with Crippen LogP contribution < -0.4 is 4.90 Å². The lowest BCUT2D eigenvalue weighted by atomic mass is 10.1. The van der Waals surface area contributed by atoms with Gasteiger partial charge in [0.2, 0.25) is 15.0 Å². The van der Waals surface area contributed by atoms with Crippen molar-refractivity contribution in [3.8, 4) is 0 Å². The van der Waals surface area contributed by atoms with Crippen LogP contribution in [0.2, 0.25) is 0 Å². The smallest absolute Gasteiger partial charge is 0.232 e. The summed E-state index contributed by atoms with van der Waals surface area (Å²) in [6.07, 6.45) is 0.214. The number of rotatable bonds is 3. The predicted octanol–water partition coefficient (Wildman–Crippen LogP) is 2.99. The van der Waals surface area contributed by atoms with Crippen molar-refractivity contribution in [2.75, 3.05) is 17.2 Å². The first-order chi connectivity index (χ1) is 9.17. The molecule has 1 aliphatic heterocycles. The monoisotopic (exact) mass is 379 g/mol. The largest absolute Gasteiger partial charge is 0.311 e. The zero-order valence-corrected chi connectivity index (χ0v) is 14.3. The maximum atomic E-state index is 12.1. The van der Waals surface area contributed by atoms with Gasteiger partial charge in [0, 0.05) is 34.0 Å². The second-order valence-electron chi connectivity index (χ2n) is 5.19. The minimum absolute atomic E-state index is 0.0667. The van der Waals surface area contributed by atoms with E-state index in [9.17, 15) is 13.2 Å². The molecule has 7 heteroatoms. The quantitative estimate of drug-likeness (QED) is 0.758. The molecule has 0 aliphatic carbocycles. The van der Waals surface area contributed by atoms with Gasteiger partial charge in [-0.2, -0.15) is 0 Å². The first-order valence-corrected chi connectivity index (χ1v) is 9.44. The zero-order valence-electron chi connectivity index (χ0n) is 11.2. The van der Waals surface area contributed by atoms with Crippen LogP contribution in [-0.2, 0) is 13.8 Å². The van der Waals surface area contributed by atoms with Crippen molar-refractivity contribution < 1.29 is 13.2 Å². The second kappa shape index (κ2) is 5.66. The van der Waals surface area contributed by atoms with E-state index in [2.05, 4.69) is 15.9 Å². The molecule has 1 heterocycles. The van der Waals surface area contributed by atoms with E-state index in [4.69, 9.17) is 10.7 Å². The van der Waals surface area contributed by atoms with Crippen molar-refractivity contribution in [3.63, 3.8) is 0 Å². The Balaban J connectivity index is 2.29. The standard InChI is InChI=1S/C13H15BrClNO3S/c1-8-3-9(2)13(11(14)4-8)16-6-10(5-12(16)17)7-20(15,18)19/h3-4,10H,5-7H2,1-2H3. The van der Waals surface area contributed by atoms with Crippen LogP contribution in [-0.4, -0.2) is 26.6 Å². The van der Waals surface area contributed by atoms with Crippen LogP contribution in [0.5, 0.6) is 0 Å². The summed E-state index contributed by atoms with van der Waals surface area (Å²) in [7, 11) is 1.69. The molecule has 1 aromatic rings. The summed E-state index contributed by atoms with van der Waals surface area (Å²) in [5.41, 5.74) is 2.90. The second-order valence-corrected chi connectivity index (χ2v) is 8.87. The van der Waals surface area contributed by atoms with Gasteiger partial charge in [-0.3, -0.25) is 4.79 Å². The highest BCUT2D eigenvalue weighted by Crippen LogP contribution is 2.35. The molecule has 1 fully saturated rings. The Labute approximate surface area is 131 Å². The molecule has 110 valence electrons. The molecule has 1 saturated heterocycles. The number of amides is 1. The van der Waals surface area contributed by atoms with Crippen LogP contribution in [0.3, 0.4) is 0 Å². The minimum atomic E-state index is -3.58. The lowest BCUT2D eigenvalue weighted by Gasteiger charge is -2.21. The average molecular weight is 381 g/mol. The van der Waals surface area contributed by atoms with Gasteiger partial charge in [0.15, 0.2) is 0 Å². The number of anilines is 1. The molecule has 2 rings (SSSR count). The Hall–Kier alpha value is -0.590. The minimum Gasteiger partial charge on any atom is -0.311 e. The number of benzene rings is 1. The maximum Gasteiger partial charge on any atom is 0.232 e. The van der Waals surface area contributed by atoms with Gasteiger partial charge in [0.1, 0.15) is 0 Å². The Morgan fingerprint density at radius 2 is 2.05 bits per heavy atom. The molecular formula is C13H15BrClNO3S. The topological polar surface area (TPSA) is 54.5 Å². The van der Waals surface area contributed by atoms with Crippen molar-refractivity contribution in [1.82, 2.24) is 0 Å². The van der Waals surface area contributed by atoms with E-state index in [0.717, 1.165) is 21.3 Å². The molecule has 1 amide bonds. The molecular weight excluding hydrogens is 366 g/mol. The predicted molar refractivity (Wildman–Crippen MR) is 83.7 cm³/mol. The van der Waals surface area contributed by atoms with E-state index in [1.54, 1.807) is 4.90 Å². The summed E-state index contributed by atoms with van der Waals surface area (Å²) >= 11 is 3.48. The molecule has 0 N–H and O–H groups in total. The summed E-state index contributed by atoms with van der Waals surface area (Å²) in [6, 6.07) is 3.94. The number of hydrogen-bond acceptors (Lipinski definition) is 3. The number of nitrogens with zero attached hydrogens (tertiary/aromatic N) is 1.